The van der Waals surface area contributed by atoms with Gasteiger partial charge in [-0.1, -0.05) is 0 Å². The average molecular weight is 225 g/mol. The standard InChI is InChI=1S/C11H15NO2S/c1-8-3-6-15-9(8)12-7-11(4-5-11)10(13)14-2/h3,6,12H,4-5,7H2,1-2H3. The van der Waals surface area contributed by atoms with Crippen LogP contribution in [0.15, 0.2) is 11.4 Å². The van der Waals surface area contributed by atoms with E-state index in [2.05, 4.69) is 23.7 Å². The molecule has 1 aliphatic carbocycles. The topological polar surface area (TPSA) is 38.3 Å². The van der Waals surface area contributed by atoms with Crippen LogP contribution in [0.4, 0.5) is 5.00 Å². The largest absolute Gasteiger partial charge is 0.469 e. The number of methoxy groups -OCH3 is 1. The van der Waals surface area contributed by atoms with Crippen LogP contribution in [0.5, 0.6) is 0 Å². The summed E-state index contributed by atoms with van der Waals surface area (Å²) in [6.07, 6.45) is 1.88. The Bertz CT molecular complexity index is 368. The minimum Gasteiger partial charge on any atom is -0.469 e. The average Bonchev–Trinajstić information content (AvgIpc) is 2.93. The molecule has 3 nitrogen and oxygen atoms in total. The van der Waals surface area contributed by atoms with Gasteiger partial charge in [0.2, 0.25) is 0 Å². The minimum atomic E-state index is -0.245. The summed E-state index contributed by atoms with van der Waals surface area (Å²) >= 11 is 1.67. The zero-order valence-corrected chi connectivity index (χ0v) is 9.82. The highest BCUT2D eigenvalue weighted by Crippen LogP contribution is 2.46. The van der Waals surface area contributed by atoms with Crippen LogP contribution in [0.1, 0.15) is 18.4 Å². The third-order valence-corrected chi connectivity index (χ3v) is 3.90. The molecule has 0 saturated heterocycles. The van der Waals surface area contributed by atoms with Crippen LogP contribution in [0.25, 0.3) is 0 Å². The van der Waals surface area contributed by atoms with Gasteiger partial charge in [-0.05, 0) is 36.8 Å². The molecular weight excluding hydrogens is 210 g/mol. The molecule has 0 aromatic carbocycles. The summed E-state index contributed by atoms with van der Waals surface area (Å²) in [5.41, 5.74) is 0.992. The van der Waals surface area contributed by atoms with Gasteiger partial charge in [0.05, 0.1) is 17.5 Å². The first kappa shape index (κ1) is 10.5. The lowest BCUT2D eigenvalue weighted by atomic mass is 10.1. The molecule has 0 amide bonds. The van der Waals surface area contributed by atoms with E-state index in [0.717, 1.165) is 17.8 Å². The molecule has 0 spiro atoms. The Hall–Kier alpha value is -1.03. The summed E-state index contributed by atoms with van der Waals surface area (Å²) in [5, 5.41) is 6.54. The molecule has 1 N–H and O–H groups in total. The van der Waals surface area contributed by atoms with Crippen molar-refractivity contribution < 1.29 is 9.53 Å². The summed E-state index contributed by atoms with van der Waals surface area (Å²) in [6.45, 7) is 2.76. The van der Waals surface area contributed by atoms with Crippen molar-refractivity contribution in [2.24, 2.45) is 5.41 Å². The van der Waals surface area contributed by atoms with Gasteiger partial charge in [-0.15, -0.1) is 11.3 Å². The van der Waals surface area contributed by atoms with Gasteiger partial charge >= 0.3 is 5.97 Å². The number of hydrogen-bond donors (Lipinski definition) is 1. The van der Waals surface area contributed by atoms with E-state index in [1.165, 1.54) is 12.7 Å². The lowest BCUT2D eigenvalue weighted by molar-refractivity contribution is -0.146. The van der Waals surface area contributed by atoms with Gasteiger partial charge in [0.1, 0.15) is 0 Å². The number of esters is 1. The van der Waals surface area contributed by atoms with Gasteiger partial charge in [0, 0.05) is 6.54 Å². The maximum absolute atomic E-state index is 11.5. The van der Waals surface area contributed by atoms with Crippen molar-refractivity contribution in [3.63, 3.8) is 0 Å². The van der Waals surface area contributed by atoms with Crippen LogP contribution in [0.3, 0.4) is 0 Å². The molecule has 0 bridgehead atoms. The number of nitrogens with one attached hydrogen (secondary N) is 1. The van der Waals surface area contributed by atoms with E-state index in [-0.39, 0.29) is 11.4 Å². The van der Waals surface area contributed by atoms with Crippen LogP contribution >= 0.6 is 11.3 Å². The van der Waals surface area contributed by atoms with Crippen molar-refractivity contribution in [1.82, 2.24) is 0 Å². The molecule has 1 aromatic heterocycles. The van der Waals surface area contributed by atoms with Gasteiger partial charge in [0.15, 0.2) is 0 Å². The normalized spacial score (nSPS) is 17.2. The lowest BCUT2D eigenvalue weighted by Gasteiger charge is -2.13. The second-order valence-electron chi connectivity index (χ2n) is 4.06. The number of carbonyl (C=O) groups excluding carboxylic acids is 1. The van der Waals surface area contributed by atoms with Crippen molar-refractivity contribution in [3.8, 4) is 0 Å². The number of ether oxygens (including phenoxy) is 1. The second kappa shape index (κ2) is 3.85. The first-order valence-electron chi connectivity index (χ1n) is 5.04. The monoisotopic (exact) mass is 225 g/mol. The molecule has 1 aliphatic rings. The molecule has 1 aromatic rings. The van der Waals surface area contributed by atoms with Crippen LogP contribution in [-0.2, 0) is 9.53 Å². The molecule has 15 heavy (non-hydrogen) atoms. The fourth-order valence-corrected chi connectivity index (χ4v) is 2.44. The quantitative estimate of drug-likeness (QED) is 0.800. The van der Waals surface area contributed by atoms with E-state index < -0.39 is 0 Å². The third kappa shape index (κ3) is 2.00. The summed E-state index contributed by atoms with van der Waals surface area (Å²) in [6, 6.07) is 2.07. The zero-order valence-electron chi connectivity index (χ0n) is 9.00. The number of thiophene rings is 1. The predicted octanol–water partition coefficient (Wildman–Crippen LogP) is 2.42. The SMILES string of the molecule is COC(=O)C1(CNc2sccc2C)CC1. The zero-order chi connectivity index (χ0) is 10.9. The van der Waals surface area contributed by atoms with Crippen molar-refractivity contribution in [1.29, 1.82) is 0 Å². The Labute approximate surface area is 93.4 Å². The Morgan fingerprint density at radius 1 is 1.67 bits per heavy atom. The summed E-state index contributed by atoms with van der Waals surface area (Å²) in [5.74, 6) is -0.0794. The smallest absolute Gasteiger partial charge is 0.313 e. The van der Waals surface area contributed by atoms with Gasteiger partial charge < -0.3 is 10.1 Å². The molecule has 0 aliphatic heterocycles. The van der Waals surface area contributed by atoms with Crippen LogP contribution in [-0.4, -0.2) is 19.6 Å². The number of aryl methyl sites for hydroxylation is 1. The molecule has 0 unspecified atom stereocenters. The van der Waals surface area contributed by atoms with Crippen LogP contribution in [0.2, 0.25) is 0 Å². The maximum Gasteiger partial charge on any atom is 0.313 e. The van der Waals surface area contributed by atoms with Crippen molar-refractivity contribution in [3.05, 3.63) is 17.0 Å². The Balaban J connectivity index is 1.94. The highest BCUT2D eigenvalue weighted by molar-refractivity contribution is 7.14. The third-order valence-electron chi connectivity index (χ3n) is 2.92. The molecule has 82 valence electrons. The van der Waals surface area contributed by atoms with Gasteiger partial charge in [-0.3, -0.25) is 4.79 Å². The van der Waals surface area contributed by atoms with E-state index in [1.54, 1.807) is 11.3 Å². The predicted molar refractivity (Wildman–Crippen MR) is 61.2 cm³/mol. The highest BCUT2D eigenvalue weighted by atomic mass is 32.1. The van der Waals surface area contributed by atoms with E-state index in [0.29, 0.717) is 6.54 Å². The molecule has 1 fully saturated rings. The number of carbonyl (C=O) groups is 1. The first-order chi connectivity index (χ1) is 7.18. The maximum atomic E-state index is 11.5. The van der Waals surface area contributed by atoms with E-state index in [4.69, 9.17) is 4.74 Å². The summed E-state index contributed by atoms with van der Waals surface area (Å²) in [7, 11) is 1.46. The molecule has 2 rings (SSSR count). The number of rotatable bonds is 4. The van der Waals surface area contributed by atoms with Crippen molar-refractivity contribution in [2.45, 2.75) is 19.8 Å². The fourth-order valence-electron chi connectivity index (χ4n) is 1.62. The molecule has 0 radical (unpaired) electrons. The van der Waals surface area contributed by atoms with Crippen LogP contribution < -0.4 is 5.32 Å². The molecule has 0 atom stereocenters. The Morgan fingerprint density at radius 3 is 2.87 bits per heavy atom. The van der Waals surface area contributed by atoms with E-state index in [1.807, 2.05) is 0 Å². The molecule has 1 saturated carbocycles. The first-order valence-corrected chi connectivity index (χ1v) is 5.92. The molecule has 1 heterocycles. The van der Waals surface area contributed by atoms with Gasteiger partial charge in [-0.2, -0.15) is 0 Å². The van der Waals surface area contributed by atoms with Gasteiger partial charge in [-0.25, -0.2) is 0 Å². The Kier molecular flexibility index (Phi) is 2.69. The number of anilines is 1. The second-order valence-corrected chi connectivity index (χ2v) is 4.97. The molecular formula is C11H15NO2S. The summed E-state index contributed by atoms with van der Waals surface area (Å²) < 4.78 is 4.80. The number of hydrogen-bond acceptors (Lipinski definition) is 4. The summed E-state index contributed by atoms with van der Waals surface area (Å²) in [4.78, 5) is 11.5. The molecule has 4 heteroatoms. The lowest BCUT2D eigenvalue weighted by Crippen LogP contribution is -2.25. The van der Waals surface area contributed by atoms with Crippen molar-refractivity contribution in [2.75, 3.05) is 19.0 Å². The van der Waals surface area contributed by atoms with E-state index in [9.17, 15) is 4.79 Å². The van der Waals surface area contributed by atoms with Crippen LogP contribution in [0, 0.1) is 12.3 Å². The fraction of sp³-hybridized carbons (Fsp3) is 0.545. The van der Waals surface area contributed by atoms with Crippen molar-refractivity contribution >= 4 is 22.3 Å². The van der Waals surface area contributed by atoms with Gasteiger partial charge in [0.25, 0.3) is 0 Å². The van der Waals surface area contributed by atoms with E-state index >= 15 is 0 Å². The highest BCUT2D eigenvalue weighted by Gasteiger charge is 2.50. The minimum absolute atomic E-state index is 0.0794. The Morgan fingerprint density at radius 2 is 2.40 bits per heavy atom.